The first-order valence-corrected chi connectivity index (χ1v) is 6.89. The number of furan rings is 1. The number of carbonyl (C=O) groups excluding carboxylic acids is 1. The Morgan fingerprint density at radius 3 is 2.95 bits per heavy atom. The number of piperidine rings is 1. The highest BCUT2D eigenvalue weighted by Gasteiger charge is 2.22. The van der Waals surface area contributed by atoms with Crippen LogP contribution in [0.15, 0.2) is 28.7 Å². The monoisotopic (exact) mass is 288 g/mol. The van der Waals surface area contributed by atoms with Gasteiger partial charge in [-0.1, -0.05) is 18.2 Å². The Morgan fingerprint density at radius 1 is 1.43 bits per heavy atom. The molecule has 0 spiro atoms. The molecule has 1 fully saturated rings. The SMILES string of the molecule is O=C1CCC(NCc2oc3ccccc3c2C(=O)O)CN1. The summed E-state index contributed by atoms with van der Waals surface area (Å²) in [4.78, 5) is 22.6. The smallest absolute Gasteiger partial charge is 0.339 e. The van der Waals surface area contributed by atoms with E-state index < -0.39 is 5.97 Å². The molecule has 1 saturated heterocycles. The van der Waals surface area contributed by atoms with Crippen molar-refractivity contribution in [3.05, 3.63) is 35.6 Å². The van der Waals surface area contributed by atoms with E-state index in [9.17, 15) is 14.7 Å². The molecule has 2 aromatic rings. The topological polar surface area (TPSA) is 91.6 Å². The van der Waals surface area contributed by atoms with E-state index in [1.54, 1.807) is 18.2 Å². The maximum absolute atomic E-state index is 11.4. The summed E-state index contributed by atoms with van der Waals surface area (Å²) in [6.45, 7) is 0.887. The van der Waals surface area contributed by atoms with Gasteiger partial charge in [-0.25, -0.2) is 4.79 Å². The lowest BCUT2D eigenvalue weighted by atomic mass is 10.1. The molecule has 6 heteroatoms. The molecule has 1 aromatic heterocycles. The van der Waals surface area contributed by atoms with Crippen LogP contribution >= 0.6 is 0 Å². The number of rotatable bonds is 4. The third kappa shape index (κ3) is 2.75. The van der Waals surface area contributed by atoms with Crippen molar-refractivity contribution in [2.75, 3.05) is 6.54 Å². The molecule has 1 aromatic carbocycles. The molecule has 1 unspecified atom stereocenters. The molecule has 0 radical (unpaired) electrons. The Bertz CT molecular complexity index is 682. The Labute approximate surface area is 121 Å². The van der Waals surface area contributed by atoms with Crippen LogP contribution in [-0.2, 0) is 11.3 Å². The van der Waals surface area contributed by atoms with Gasteiger partial charge in [0.2, 0.25) is 5.91 Å². The van der Waals surface area contributed by atoms with E-state index in [-0.39, 0.29) is 17.5 Å². The Hall–Kier alpha value is -2.34. The molecule has 3 N–H and O–H groups in total. The molecule has 0 aliphatic carbocycles. The number of carboxylic acid groups (broad SMARTS) is 1. The maximum atomic E-state index is 11.4. The minimum absolute atomic E-state index is 0.0583. The Morgan fingerprint density at radius 2 is 2.24 bits per heavy atom. The lowest BCUT2D eigenvalue weighted by Gasteiger charge is -2.23. The van der Waals surface area contributed by atoms with Crippen LogP contribution in [0.1, 0.15) is 29.0 Å². The van der Waals surface area contributed by atoms with Crippen molar-refractivity contribution in [2.45, 2.75) is 25.4 Å². The van der Waals surface area contributed by atoms with Gasteiger partial charge in [-0.3, -0.25) is 4.79 Å². The molecule has 6 nitrogen and oxygen atoms in total. The molecule has 1 aliphatic rings. The molecule has 0 bridgehead atoms. The molecule has 0 saturated carbocycles. The van der Waals surface area contributed by atoms with Crippen molar-refractivity contribution in [1.82, 2.24) is 10.6 Å². The molecular formula is C15H16N2O4. The Kier molecular flexibility index (Phi) is 3.62. The molecule has 1 aliphatic heterocycles. The maximum Gasteiger partial charge on any atom is 0.339 e. The van der Waals surface area contributed by atoms with Crippen LogP contribution < -0.4 is 10.6 Å². The second-order valence-corrected chi connectivity index (χ2v) is 5.12. The van der Waals surface area contributed by atoms with E-state index in [2.05, 4.69) is 10.6 Å². The standard InChI is InChI=1S/C15H16N2O4/c18-13-6-5-9(7-17-13)16-8-12-14(15(19)20)10-3-1-2-4-11(10)21-12/h1-4,9,16H,5-8H2,(H,17,18)(H,19,20). The van der Waals surface area contributed by atoms with E-state index in [0.717, 1.165) is 6.42 Å². The predicted octanol–water partition coefficient (Wildman–Crippen LogP) is 1.50. The summed E-state index contributed by atoms with van der Waals surface area (Å²) < 4.78 is 5.64. The van der Waals surface area contributed by atoms with Crippen molar-refractivity contribution < 1.29 is 19.1 Å². The number of aromatic carboxylic acids is 1. The normalized spacial score (nSPS) is 18.7. The second-order valence-electron chi connectivity index (χ2n) is 5.12. The van der Waals surface area contributed by atoms with Gasteiger partial charge in [0.05, 0.1) is 6.54 Å². The first kappa shape index (κ1) is 13.6. The largest absolute Gasteiger partial charge is 0.478 e. The molecule has 1 amide bonds. The van der Waals surface area contributed by atoms with Crippen LogP contribution in [0.3, 0.4) is 0 Å². The summed E-state index contributed by atoms with van der Waals surface area (Å²) in [7, 11) is 0. The van der Waals surface area contributed by atoms with Crippen molar-refractivity contribution in [2.24, 2.45) is 0 Å². The number of hydrogen-bond donors (Lipinski definition) is 3. The van der Waals surface area contributed by atoms with Gasteiger partial charge in [-0.15, -0.1) is 0 Å². The van der Waals surface area contributed by atoms with Gasteiger partial charge < -0.3 is 20.2 Å². The summed E-state index contributed by atoms with van der Waals surface area (Å²) in [6, 6.07) is 7.24. The zero-order valence-corrected chi connectivity index (χ0v) is 11.4. The summed E-state index contributed by atoms with van der Waals surface area (Å²) in [6.07, 6.45) is 1.23. The number of amides is 1. The van der Waals surface area contributed by atoms with Crippen LogP contribution in [0, 0.1) is 0 Å². The highest BCUT2D eigenvalue weighted by molar-refractivity contribution is 6.03. The predicted molar refractivity (Wildman–Crippen MR) is 76.0 cm³/mol. The van der Waals surface area contributed by atoms with Crippen molar-refractivity contribution in [1.29, 1.82) is 0 Å². The third-order valence-corrected chi connectivity index (χ3v) is 3.70. The van der Waals surface area contributed by atoms with Gasteiger partial charge in [0.25, 0.3) is 0 Å². The summed E-state index contributed by atoms with van der Waals surface area (Å²) in [5, 5.41) is 16.0. The van der Waals surface area contributed by atoms with Crippen LogP contribution in [0.4, 0.5) is 0 Å². The van der Waals surface area contributed by atoms with Gasteiger partial charge >= 0.3 is 5.97 Å². The summed E-state index contributed by atoms with van der Waals surface area (Å²) in [5.41, 5.74) is 0.779. The van der Waals surface area contributed by atoms with E-state index in [4.69, 9.17) is 4.42 Å². The molecule has 21 heavy (non-hydrogen) atoms. The fraction of sp³-hybridized carbons (Fsp3) is 0.333. The Balaban J connectivity index is 1.78. The van der Waals surface area contributed by atoms with Gasteiger partial charge in [-0.05, 0) is 12.5 Å². The first-order chi connectivity index (χ1) is 10.1. The fourth-order valence-corrected chi connectivity index (χ4v) is 2.60. The number of para-hydroxylation sites is 1. The van der Waals surface area contributed by atoms with Crippen molar-refractivity contribution in [3.63, 3.8) is 0 Å². The number of fused-ring (bicyclic) bond motifs is 1. The molecule has 2 heterocycles. The number of carboxylic acids is 1. The molecule has 1 atom stereocenters. The lowest BCUT2D eigenvalue weighted by Crippen LogP contribution is -2.45. The number of benzene rings is 1. The van der Waals surface area contributed by atoms with E-state index in [0.29, 0.717) is 36.2 Å². The van der Waals surface area contributed by atoms with Gasteiger partial charge in [0, 0.05) is 24.4 Å². The average molecular weight is 288 g/mol. The number of nitrogens with one attached hydrogen (secondary N) is 2. The minimum Gasteiger partial charge on any atom is -0.478 e. The van der Waals surface area contributed by atoms with E-state index in [1.165, 1.54) is 0 Å². The highest BCUT2D eigenvalue weighted by Crippen LogP contribution is 2.26. The molecule has 110 valence electrons. The molecule has 3 rings (SSSR count). The highest BCUT2D eigenvalue weighted by atomic mass is 16.4. The van der Waals surface area contributed by atoms with Crippen LogP contribution in [-0.4, -0.2) is 29.6 Å². The first-order valence-electron chi connectivity index (χ1n) is 6.89. The van der Waals surface area contributed by atoms with Gasteiger partial charge in [0.15, 0.2) is 0 Å². The zero-order valence-electron chi connectivity index (χ0n) is 11.4. The number of hydrogen-bond acceptors (Lipinski definition) is 4. The van der Waals surface area contributed by atoms with Crippen molar-refractivity contribution >= 4 is 22.8 Å². The quantitative estimate of drug-likeness (QED) is 0.793. The van der Waals surface area contributed by atoms with Crippen molar-refractivity contribution in [3.8, 4) is 0 Å². The fourth-order valence-electron chi connectivity index (χ4n) is 2.60. The minimum atomic E-state index is -0.992. The lowest BCUT2D eigenvalue weighted by molar-refractivity contribution is -0.122. The molecular weight excluding hydrogens is 272 g/mol. The average Bonchev–Trinajstić information content (AvgIpc) is 2.85. The van der Waals surface area contributed by atoms with Crippen LogP contribution in [0.25, 0.3) is 11.0 Å². The van der Waals surface area contributed by atoms with Crippen LogP contribution in [0.2, 0.25) is 0 Å². The van der Waals surface area contributed by atoms with Crippen LogP contribution in [0.5, 0.6) is 0 Å². The van der Waals surface area contributed by atoms with Gasteiger partial charge in [-0.2, -0.15) is 0 Å². The van der Waals surface area contributed by atoms with E-state index in [1.807, 2.05) is 6.07 Å². The van der Waals surface area contributed by atoms with E-state index >= 15 is 0 Å². The second kappa shape index (κ2) is 5.57. The summed E-state index contributed by atoms with van der Waals surface area (Å²) in [5.74, 6) is -0.516. The summed E-state index contributed by atoms with van der Waals surface area (Å²) >= 11 is 0. The zero-order chi connectivity index (χ0) is 14.8. The van der Waals surface area contributed by atoms with Gasteiger partial charge in [0.1, 0.15) is 16.9 Å². The number of carbonyl (C=O) groups is 2. The third-order valence-electron chi connectivity index (χ3n) is 3.70.